The van der Waals surface area contributed by atoms with E-state index in [1.54, 1.807) is 17.5 Å². The van der Waals surface area contributed by atoms with Crippen molar-refractivity contribution in [1.82, 2.24) is 0 Å². The zero-order chi connectivity index (χ0) is 6.97. The fraction of sp³-hybridized carbons (Fsp3) is 0. The van der Waals surface area contributed by atoms with Crippen LogP contribution in [0.5, 0.6) is 0 Å². The van der Waals surface area contributed by atoms with Crippen molar-refractivity contribution in [1.29, 1.82) is 0 Å². The van der Waals surface area contributed by atoms with Crippen molar-refractivity contribution in [3.05, 3.63) is 35.6 Å². The highest BCUT2D eigenvalue weighted by atomic mass is 32.1. The zero-order valence-electron chi connectivity index (χ0n) is 5.24. The molecule has 2 aromatic heterocycles. The number of hydrogen-bond donors (Lipinski definition) is 0. The van der Waals surface area contributed by atoms with Crippen LogP contribution in [0.3, 0.4) is 0 Å². The van der Waals surface area contributed by atoms with Gasteiger partial charge in [0.1, 0.15) is 0 Å². The third-order valence-corrected chi connectivity index (χ3v) is 2.29. The number of rotatable bonds is 0. The normalized spacial score (nSPS) is 10.4. The van der Waals surface area contributed by atoms with E-state index >= 15 is 0 Å². The van der Waals surface area contributed by atoms with Crippen LogP contribution >= 0.6 is 11.3 Å². The summed E-state index contributed by atoms with van der Waals surface area (Å²) in [5.41, 5.74) is 0.979. The molecule has 0 fully saturated rings. The van der Waals surface area contributed by atoms with Gasteiger partial charge in [-0.3, -0.25) is 0 Å². The van der Waals surface area contributed by atoms with E-state index in [0.29, 0.717) is 0 Å². The van der Waals surface area contributed by atoms with Crippen LogP contribution in [0.2, 0.25) is 0 Å². The summed E-state index contributed by atoms with van der Waals surface area (Å²) in [6.07, 6.45) is 1.73. The summed E-state index contributed by atoms with van der Waals surface area (Å²) in [4.78, 5) is 0. The molecule has 3 heteroatoms. The Hall–Kier alpha value is -1.09. The van der Waals surface area contributed by atoms with E-state index in [4.69, 9.17) is 5.84 Å². The van der Waals surface area contributed by atoms with Crippen LogP contribution in [-0.4, -0.2) is 0 Å². The predicted octanol–water partition coefficient (Wildman–Crippen LogP) is 2.00. The summed E-state index contributed by atoms with van der Waals surface area (Å²) in [6.45, 7) is 0. The third kappa shape index (κ3) is 0.675. The molecule has 0 atom stereocenters. The lowest BCUT2D eigenvalue weighted by Crippen LogP contribution is -2.21. The molecule has 0 amide bonds. The van der Waals surface area contributed by atoms with Crippen molar-refractivity contribution >= 4 is 21.6 Å². The van der Waals surface area contributed by atoms with Crippen molar-refractivity contribution < 1.29 is 4.68 Å². The third-order valence-electron chi connectivity index (χ3n) is 1.42. The van der Waals surface area contributed by atoms with Crippen LogP contribution in [0.1, 0.15) is 0 Å². The van der Waals surface area contributed by atoms with E-state index < -0.39 is 0 Å². The summed E-state index contributed by atoms with van der Waals surface area (Å²) in [7, 11) is 0. The molecule has 0 radical (unpaired) electrons. The first-order valence-electron chi connectivity index (χ1n) is 2.97. The maximum absolute atomic E-state index is 7.40. The molecule has 10 heavy (non-hydrogen) atoms. The fourth-order valence-corrected chi connectivity index (χ4v) is 1.72. The van der Waals surface area contributed by atoms with Gasteiger partial charge >= 0.3 is 0 Å². The van der Waals surface area contributed by atoms with Crippen molar-refractivity contribution in [2.75, 3.05) is 0 Å². The zero-order valence-corrected chi connectivity index (χ0v) is 6.06. The van der Waals surface area contributed by atoms with Gasteiger partial charge in [0.05, 0.1) is 4.70 Å². The Labute approximate surface area is 62.5 Å². The molecule has 0 bridgehead atoms. The molecule has 2 aromatic rings. The average Bonchev–Trinajstić information content (AvgIpc) is 2.36. The Kier molecular flexibility index (Phi) is 1.11. The van der Waals surface area contributed by atoms with Gasteiger partial charge in [-0.25, -0.2) is 4.68 Å². The molecule has 0 saturated carbocycles. The number of fused-ring (bicyclic) bond motifs is 1. The summed E-state index contributed by atoms with van der Waals surface area (Å²) < 4.78 is 2.55. The Morgan fingerprint density at radius 2 is 2.30 bits per heavy atom. The second kappa shape index (κ2) is 1.95. The molecule has 50 valence electrons. The first-order chi connectivity index (χ1) is 4.88. The lowest BCUT2D eigenvalue weighted by Gasteiger charge is -1.93. The minimum atomic E-state index is 0.979. The topological polar surface area (TPSA) is 27.7 Å². The largest absolute Gasteiger partial charge is 0.448 e. The Morgan fingerprint density at radius 1 is 1.40 bits per heavy atom. The van der Waals surface area contributed by atoms with Gasteiger partial charge in [0.15, 0.2) is 6.20 Å². The van der Waals surface area contributed by atoms with E-state index in [0.717, 1.165) is 10.2 Å². The van der Waals surface area contributed by atoms with Gasteiger partial charge in [0.25, 0.3) is 0 Å². The SMILES string of the molecule is [NH-][n+]1cccc2sccc21. The Balaban J connectivity index is 2.95. The first kappa shape index (κ1) is 5.68. The monoisotopic (exact) mass is 150 g/mol. The van der Waals surface area contributed by atoms with E-state index in [9.17, 15) is 0 Å². The number of pyridine rings is 1. The summed E-state index contributed by atoms with van der Waals surface area (Å²) in [5, 5.41) is 2.00. The highest BCUT2D eigenvalue weighted by molar-refractivity contribution is 7.17. The molecule has 0 aromatic carbocycles. The standard InChI is InChI=1S/C7H6N2S/c8-9-4-1-2-7-6(9)3-5-10-7/h1-5,8H. The Morgan fingerprint density at radius 3 is 3.10 bits per heavy atom. The molecule has 0 saturated heterocycles. The predicted molar refractivity (Wildman–Crippen MR) is 41.7 cm³/mol. The van der Waals surface area contributed by atoms with Gasteiger partial charge in [-0.2, -0.15) is 0 Å². The number of hydrogen-bond acceptors (Lipinski definition) is 1. The van der Waals surface area contributed by atoms with Gasteiger partial charge < -0.3 is 5.84 Å². The van der Waals surface area contributed by atoms with E-state index in [1.165, 1.54) is 4.68 Å². The minimum absolute atomic E-state index is 0.979. The smallest absolute Gasteiger partial charge is 0.218 e. The maximum Gasteiger partial charge on any atom is 0.218 e. The van der Waals surface area contributed by atoms with E-state index in [2.05, 4.69) is 0 Å². The number of aromatic nitrogens is 1. The molecule has 0 aliphatic rings. The molecule has 0 spiro atoms. The second-order valence-electron chi connectivity index (χ2n) is 2.05. The van der Waals surface area contributed by atoms with Crippen LogP contribution < -0.4 is 4.68 Å². The molecular formula is C7H6N2S. The second-order valence-corrected chi connectivity index (χ2v) is 3.00. The van der Waals surface area contributed by atoms with Gasteiger partial charge in [0.2, 0.25) is 5.52 Å². The summed E-state index contributed by atoms with van der Waals surface area (Å²) in [6, 6.07) is 5.85. The average molecular weight is 150 g/mol. The van der Waals surface area contributed by atoms with Gasteiger partial charge in [-0.15, -0.1) is 11.3 Å². The molecular weight excluding hydrogens is 144 g/mol. The first-order valence-corrected chi connectivity index (χ1v) is 3.85. The lowest BCUT2D eigenvalue weighted by atomic mass is 10.4. The molecule has 0 aliphatic heterocycles. The van der Waals surface area contributed by atoms with Gasteiger partial charge in [-0.1, -0.05) is 0 Å². The van der Waals surface area contributed by atoms with E-state index in [1.807, 2.05) is 23.6 Å². The molecule has 2 rings (SSSR count). The fourth-order valence-electron chi connectivity index (χ4n) is 0.935. The van der Waals surface area contributed by atoms with Crippen molar-refractivity contribution in [3.8, 4) is 0 Å². The highest BCUT2D eigenvalue weighted by Gasteiger charge is 1.99. The molecule has 2 nitrogen and oxygen atoms in total. The number of thiophene rings is 1. The molecule has 0 unspecified atom stereocenters. The van der Waals surface area contributed by atoms with Crippen LogP contribution in [-0.2, 0) is 0 Å². The molecule has 0 aliphatic carbocycles. The van der Waals surface area contributed by atoms with Gasteiger partial charge in [-0.05, 0) is 11.4 Å². The lowest BCUT2D eigenvalue weighted by molar-refractivity contribution is -0.577. The van der Waals surface area contributed by atoms with Crippen LogP contribution in [0.15, 0.2) is 29.8 Å². The number of nitrogens with zero attached hydrogens (tertiary/aromatic N) is 1. The van der Waals surface area contributed by atoms with Gasteiger partial charge in [0, 0.05) is 12.1 Å². The summed E-state index contributed by atoms with van der Waals surface area (Å²) >= 11 is 1.66. The summed E-state index contributed by atoms with van der Waals surface area (Å²) in [5.74, 6) is 7.40. The quantitative estimate of drug-likeness (QED) is 0.514. The molecule has 2 heterocycles. The minimum Gasteiger partial charge on any atom is -0.448 e. The van der Waals surface area contributed by atoms with Crippen molar-refractivity contribution in [3.63, 3.8) is 0 Å². The van der Waals surface area contributed by atoms with Crippen molar-refractivity contribution in [2.24, 2.45) is 0 Å². The maximum atomic E-state index is 7.40. The molecule has 1 N–H and O–H groups in total. The Bertz CT molecular complexity index is 353. The highest BCUT2D eigenvalue weighted by Crippen LogP contribution is 2.15. The van der Waals surface area contributed by atoms with E-state index in [-0.39, 0.29) is 0 Å². The number of nitrogens with one attached hydrogen (secondary N) is 1. The van der Waals surface area contributed by atoms with Crippen molar-refractivity contribution in [2.45, 2.75) is 0 Å². The van der Waals surface area contributed by atoms with Crippen LogP contribution in [0.4, 0.5) is 0 Å². The van der Waals surface area contributed by atoms with Crippen LogP contribution in [0.25, 0.3) is 16.1 Å². The van der Waals surface area contributed by atoms with Crippen LogP contribution in [0, 0.1) is 0 Å².